The molecule has 0 saturated carbocycles. The summed E-state index contributed by atoms with van der Waals surface area (Å²) in [5, 5.41) is 3.68. The van der Waals surface area contributed by atoms with Gasteiger partial charge in [0.1, 0.15) is 6.54 Å². The van der Waals surface area contributed by atoms with Crippen LogP contribution in [0.4, 0.5) is 5.69 Å². The van der Waals surface area contributed by atoms with Gasteiger partial charge in [-0.15, -0.1) is 0 Å². The minimum atomic E-state index is -3.84. The van der Waals surface area contributed by atoms with Crippen LogP contribution < -0.4 is 10.0 Å². The lowest BCUT2D eigenvalue weighted by atomic mass is 10.0. The molecule has 0 heterocycles. The molecule has 3 aromatic rings. The molecule has 0 unspecified atom stereocenters. The van der Waals surface area contributed by atoms with Crippen molar-refractivity contribution in [3.63, 3.8) is 0 Å². The number of para-hydroxylation sites is 1. The zero-order valence-electron chi connectivity index (χ0n) is 18.0. The van der Waals surface area contributed by atoms with Gasteiger partial charge in [-0.05, 0) is 30.2 Å². The topological polar surface area (TPSA) is 102 Å². The first kappa shape index (κ1) is 23.9. The predicted octanol–water partition coefficient (Wildman–Crippen LogP) is 3.73. The first-order chi connectivity index (χ1) is 15.8. The Hall–Kier alpha value is -3.75. The molecule has 3 aromatic carbocycles. The molecule has 7 nitrogen and oxygen atoms in total. The molecule has 170 valence electrons. The molecular weight excluding hydrogens is 440 g/mol. The number of rotatable bonds is 9. The number of hydrogen-bond acceptors (Lipinski definition) is 5. The van der Waals surface area contributed by atoms with Crippen molar-refractivity contribution in [3.05, 3.63) is 95.4 Å². The molecule has 0 radical (unpaired) electrons. The second kappa shape index (κ2) is 11.2. The highest BCUT2D eigenvalue weighted by Crippen LogP contribution is 2.27. The van der Waals surface area contributed by atoms with Crippen LogP contribution >= 0.6 is 0 Å². The number of hydrogen-bond donors (Lipinski definition) is 2. The summed E-state index contributed by atoms with van der Waals surface area (Å²) >= 11 is 0. The summed E-state index contributed by atoms with van der Waals surface area (Å²) in [5.41, 5.74) is 4.10. The van der Waals surface area contributed by atoms with Gasteiger partial charge in [0.15, 0.2) is 6.61 Å². The van der Waals surface area contributed by atoms with Gasteiger partial charge in [0.25, 0.3) is 5.91 Å². The molecule has 0 saturated heterocycles. The van der Waals surface area contributed by atoms with E-state index in [9.17, 15) is 18.0 Å². The number of aryl methyl sites for hydroxylation is 1. The van der Waals surface area contributed by atoms with Crippen LogP contribution in [0.15, 0.2) is 84.3 Å². The van der Waals surface area contributed by atoms with Crippen molar-refractivity contribution < 1.29 is 22.7 Å². The molecule has 0 aliphatic heterocycles. The van der Waals surface area contributed by atoms with Gasteiger partial charge in [0.2, 0.25) is 10.0 Å². The normalized spacial score (nSPS) is 11.3. The van der Waals surface area contributed by atoms with Crippen LogP contribution in [-0.2, 0) is 24.3 Å². The van der Waals surface area contributed by atoms with E-state index in [1.807, 2.05) is 61.5 Å². The Morgan fingerprint density at radius 3 is 2.30 bits per heavy atom. The van der Waals surface area contributed by atoms with Crippen LogP contribution in [0.3, 0.4) is 0 Å². The van der Waals surface area contributed by atoms with E-state index >= 15 is 0 Å². The maximum atomic E-state index is 12.2. The van der Waals surface area contributed by atoms with E-state index in [1.54, 1.807) is 24.3 Å². The minimum absolute atomic E-state index is 0.533. The SMILES string of the molecule is Cc1ccc(/C=C/S(=O)(=O)NCC(=O)OCC(=O)Nc2ccccc2-c2ccccc2)cc1. The summed E-state index contributed by atoms with van der Waals surface area (Å²) in [4.78, 5) is 24.1. The number of nitrogens with one attached hydrogen (secondary N) is 2. The first-order valence-electron chi connectivity index (χ1n) is 10.2. The minimum Gasteiger partial charge on any atom is -0.455 e. The molecule has 8 heteroatoms. The summed E-state index contributed by atoms with van der Waals surface area (Å²) in [6, 6.07) is 24.1. The fourth-order valence-electron chi connectivity index (χ4n) is 2.90. The van der Waals surface area contributed by atoms with Gasteiger partial charge < -0.3 is 10.1 Å². The van der Waals surface area contributed by atoms with Crippen LogP contribution in [0.5, 0.6) is 0 Å². The Morgan fingerprint density at radius 1 is 0.909 bits per heavy atom. The standard InChI is InChI=1S/C25H24N2O5S/c1-19-11-13-20(14-12-19)15-16-33(30,31)26-17-25(29)32-18-24(28)27-23-10-6-5-9-22(23)21-7-3-2-4-8-21/h2-16,26H,17-18H2,1H3,(H,27,28)/b16-15+. The highest BCUT2D eigenvalue weighted by atomic mass is 32.2. The van der Waals surface area contributed by atoms with Crippen molar-refractivity contribution in [2.75, 3.05) is 18.5 Å². The summed E-state index contributed by atoms with van der Waals surface area (Å²) in [6.07, 6.45) is 1.42. The second-order valence-electron chi connectivity index (χ2n) is 7.20. The zero-order chi connectivity index (χ0) is 23.7. The summed E-state index contributed by atoms with van der Waals surface area (Å²) in [7, 11) is -3.84. The maximum absolute atomic E-state index is 12.2. The number of amides is 1. The van der Waals surface area contributed by atoms with E-state index in [1.165, 1.54) is 6.08 Å². The van der Waals surface area contributed by atoms with Gasteiger partial charge in [0.05, 0.1) is 0 Å². The molecule has 0 fully saturated rings. The number of carbonyl (C=O) groups is 2. The lowest BCUT2D eigenvalue weighted by Gasteiger charge is -2.11. The van der Waals surface area contributed by atoms with Crippen molar-refractivity contribution in [2.45, 2.75) is 6.92 Å². The number of anilines is 1. The third kappa shape index (κ3) is 7.71. The van der Waals surface area contributed by atoms with Crippen molar-refractivity contribution in [1.82, 2.24) is 4.72 Å². The van der Waals surface area contributed by atoms with Gasteiger partial charge in [0, 0.05) is 16.7 Å². The molecule has 0 aliphatic carbocycles. The Labute approximate surface area is 193 Å². The molecule has 0 spiro atoms. The quantitative estimate of drug-likeness (QED) is 0.470. The Bertz CT molecular complexity index is 1240. The number of benzene rings is 3. The Morgan fingerprint density at radius 2 is 1.58 bits per heavy atom. The largest absolute Gasteiger partial charge is 0.455 e. The van der Waals surface area contributed by atoms with Crippen molar-refractivity contribution in [1.29, 1.82) is 0 Å². The monoisotopic (exact) mass is 464 g/mol. The Kier molecular flexibility index (Phi) is 8.12. The Balaban J connectivity index is 1.48. The molecule has 33 heavy (non-hydrogen) atoms. The smallest absolute Gasteiger partial charge is 0.321 e. The number of esters is 1. The van der Waals surface area contributed by atoms with E-state index in [4.69, 9.17) is 4.74 Å². The summed E-state index contributed by atoms with van der Waals surface area (Å²) in [6.45, 7) is 0.803. The third-order valence-corrected chi connectivity index (χ3v) is 5.63. The van der Waals surface area contributed by atoms with Crippen LogP contribution in [0.2, 0.25) is 0 Å². The van der Waals surface area contributed by atoms with Gasteiger partial charge >= 0.3 is 5.97 Å². The molecule has 3 rings (SSSR count). The van der Waals surface area contributed by atoms with Gasteiger partial charge in [-0.25, -0.2) is 13.1 Å². The summed E-state index contributed by atoms with van der Waals surface area (Å²) < 4.78 is 31.1. The summed E-state index contributed by atoms with van der Waals surface area (Å²) in [5.74, 6) is -1.40. The molecule has 0 aromatic heterocycles. The van der Waals surface area contributed by atoms with Crippen molar-refractivity contribution in [3.8, 4) is 11.1 Å². The number of sulfonamides is 1. The predicted molar refractivity (Wildman–Crippen MR) is 129 cm³/mol. The van der Waals surface area contributed by atoms with Gasteiger partial charge in [-0.3, -0.25) is 9.59 Å². The maximum Gasteiger partial charge on any atom is 0.321 e. The first-order valence-corrected chi connectivity index (χ1v) is 11.7. The van der Waals surface area contributed by atoms with E-state index in [0.29, 0.717) is 11.3 Å². The molecule has 0 atom stereocenters. The third-order valence-electron chi connectivity index (χ3n) is 4.58. The molecule has 1 amide bonds. The molecular formula is C25H24N2O5S. The van der Waals surface area contributed by atoms with Gasteiger partial charge in [-0.2, -0.15) is 0 Å². The number of carbonyl (C=O) groups excluding carboxylic acids is 2. The fraction of sp³-hybridized carbons (Fsp3) is 0.120. The van der Waals surface area contributed by atoms with Crippen molar-refractivity contribution in [2.24, 2.45) is 0 Å². The highest BCUT2D eigenvalue weighted by Gasteiger charge is 2.13. The lowest BCUT2D eigenvalue weighted by Crippen LogP contribution is -2.31. The average molecular weight is 465 g/mol. The molecule has 0 aliphatic rings. The van der Waals surface area contributed by atoms with E-state index in [0.717, 1.165) is 22.1 Å². The van der Waals surface area contributed by atoms with E-state index in [2.05, 4.69) is 10.0 Å². The lowest BCUT2D eigenvalue weighted by molar-refractivity contribution is -0.146. The van der Waals surface area contributed by atoms with Gasteiger partial charge in [-0.1, -0.05) is 78.4 Å². The van der Waals surface area contributed by atoms with Crippen LogP contribution in [0.25, 0.3) is 17.2 Å². The molecule has 0 bridgehead atoms. The fourth-order valence-corrected chi connectivity index (χ4v) is 3.65. The number of ether oxygens (including phenoxy) is 1. The van der Waals surface area contributed by atoms with E-state index < -0.39 is 35.1 Å². The van der Waals surface area contributed by atoms with Crippen LogP contribution in [0, 0.1) is 6.92 Å². The van der Waals surface area contributed by atoms with Crippen LogP contribution in [0.1, 0.15) is 11.1 Å². The second-order valence-corrected chi connectivity index (χ2v) is 8.85. The highest BCUT2D eigenvalue weighted by molar-refractivity contribution is 7.92. The average Bonchev–Trinajstić information content (AvgIpc) is 2.82. The van der Waals surface area contributed by atoms with E-state index in [-0.39, 0.29) is 0 Å². The van der Waals surface area contributed by atoms with Crippen molar-refractivity contribution >= 4 is 33.7 Å². The molecule has 2 N–H and O–H groups in total. The van der Waals surface area contributed by atoms with Crippen LogP contribution in [-0.4, -0.2) is 33.4 Å². The zero-order valence-corrected chi connectivity index (χ0v) is 18.8.